The minimum atomic E-state index is -0.284. The normalized spacial score (nSPS) is 11.5. The van der Waals surface area contributed by atoms with Crippen molar-refractivity contribution in [2.75, 3.05) is 5.32 Å². The molecule has 4 rings (SSSR count). The van der Waals surface area contributed by atoms with Crippen molar-refractivity contribution in [1.82, 2.24) is 20.1 Å². The summed E-state index contributed by atoms with van der Waals surface area (Å²) in [5, 5.41) is 9.93. The highest BCUT2D eigenvalue weighted by Gasteiger charge is 2.16. The topological polar surface area (TPSA) is 88.9 Å². The van der Waals surface area contributed by atoms with Crippen LogP contribution in [-0.2, 0) is 6.54 Å². The van der Waals surface area contributed by atoms with Crippen molar-refractivity contribution in [3.63, 3.8) is 0 Å². The quantitative estimate of drug-likeness (QED) is 0.467. The van der Waals surface area contributed by atoms with Crippen molar-refractivity contribution >= 4 is 17.5 Å². The average molecular weight is 425 g/mol. The Bertz CT molecular complexity index is 1190. The highest BCUT2D eigenvalue weighted by molar-refractivity contribution is 6.09. The molecule has 0 spiro atoms. The first-order valence-corrected chi connectivity index (χ1v) is 10.3. The molecule has 1 heterocycles. The third-order valence-corrected chi connectivity index (χ3v) is 5.09. The summed E-state index contributed by atoms with van der Waals surface area (Å²) < 4.78 is 1.71. The van der Waals surface area contributed by atoms with Gasteiger partial charge in [0.05, 0.1) is 23.8 Å². The Balaban J connectivity index is 1.44. The molecule has 0 fully saturated rings. The number of amides is 2. The van der Waals surface area contributed by atoms with Crippen LogP contribution in [0.5, 0.6) is 0 Å². The van der Waals surface area contributed by atoms with Gasteiger partial charge in [-0.15, -0.1) is 0 Å². The van der Waals surface area contributed by atoms with E-state index in [1.165, 1.54) is 6.33 Å². The lowest BCUT2D eigenvalue weighted by Gasteiger charge is -2.16. The van der Waals surface area contributed by atoms with Gasteiger partial charge in [0, 0.05) is 5.56 Å². The predicted molar refractivity (Wildman–Crippen MR) is 122 cm³/mol. The van der Waals surface area contributed by atoms with E-state index in [0.717, 1.165) is 11.1 Å². The Labute approximate surface area is 186 Å². The van der Waals surface area contributed by atoms with Gasteiger partial charge >= 0.3 is 0 Å². The van der Waals surface area contributed by atoms with Crippen LogP contribution in [0, 0.1) is 0 Å². The highest BCUT2D eigenvalue weighted by atomic mass is 16.2. The first-order valence-electron chi connectivity index (χ1n) is 10.3. The molecule has 1 unspecified atom stereocenters. The van der Waals surface area contributed by atoms with Gasteiger partial charge in [-0.3, -0.25) is 9.59 Å². The number of benzene rings is 3. The van der Waals surface area contributed by atoms with Gasteiger partial charge in [-0.2, -0.15) is 5.10 Å². The van der Waals surface area contributed by atoms with Crippen LogP contribution in [0.4, 0.5) is 5.69 Å². The molecule has 0 aliphatic rings. The Hall–Kier alpha value is -4.26. The Morgan fingerprint density at radius 3 is 2.34 bits per heavy atom. The average Bonchev–Trinajstić information content (AvgIpc) is 3.33. The maximum Gasteiger partial charge on any atom is 0.255 e. The minimum absolute atomic E-state index is 0.162. The zero-order valence-corrected chi connectivity index (χ0v) is 17.6. The van der Waals surface area contributed by atoms with Gasteiger partial charge in [-0.1, -0.05) is 54.6 Å². The third kappa shape index (κ3) is 5.07. The second-order valence-electron chi connectivity index (χ2n) is 7.40. The lowest BCUT2D eigenvalue weighted by molar-refractivity contribution is 0.0941. The van der Waals surface area contributed by atoms with Crippen LogP contribution in [0.1, 0.15) is 44.8 Å². The number of nitrogens with zero attached hydrogens (tertiary/aromatic N) is 3. The summed E-state index contributed by atoms with van der Waals surface area (Å²) in [6.45, 7) is 2.50. The summed E-state index contributed by atoms with van der Waals surface area (Å²) in [5.41, 5.74) is 3.38. The van der Waals surface area contributed by atoms with Crippen LogP contribution in [0.15, 0.2) is 91.5 Å². The number of hydrogen-bond acceptors (Lipinski definition) is 4. The molecule has 2 N–H and O–H groups in total. The molecule has 0 aliphatic heterocycles. The molecule has 4 aromatic rings. The van der Waals surface area contributed by atoms with Crippen molar-refractivity contribution in [2.24, 2.45) is 0 Å². The maximum atomic E-state index is 12.9. The SMILES string of the molecule is CC(NC(=O)c1ccccc1NC(=O)c1ccc(Cn2cncn2)cc1)c1ccccc1. The minimum Gasteiger partial charge on any atom is -0.345 e. The summed E-state index contributed by atoms with van der Waals surface area (Å²) in [5.74, 6) is -0.533. The fraction of sp³-hybridized carbons (Fsp3) is 0.120. The molecule has 0 aliphatic carbocycles. The number of carbonyl (C=O) groups excluding carboxylic acids is 2. The molecule has 1 atom stereocenters. The van der Waals surface area contributed by atoms with Crippen molar-refractivity contribution < 1.29 is 9.59 Å². The molecule has 0 bridgehead atoms. The first-order chi connectivity index (χ1) is 15.6. The van der Waals surface area contributed by atoms with E-state index in [1.54, 1.807) is 47.4 Å². The Morgan fingerprint density at radius 2 is 1.62 bits per heavy atom. The van der Waals surface area contributed by atoms with Gasteiger partial charge < -0.3 is 10.6 Å². The molecule has 2 amide bonds. The summed E-state index contributed by atoms with van der Waals surface area (Å²) in [6, 6.07) is 23.8. The Kier molecular flexibility index (Phi) is 6.36. The lowest BCUT2D eigenvalue weighted by atomic mass is 10.1. The second-order valence-corrected chi connectivity index (χ2v) is 7.40. The van der Waals surface area contributed by atoms with Crippen molar-refractivity contribution in [3.8, 4) is 0 Å². The monoisotopic (exact) mass is 425 g/mol. The Morgan fingerprint density at radius 1 is 0.906 bits per heavy atom. The van der Waals surface area contributed by atoms with Crippen LogP contribution < -0.4 is 10.6 Å². The number of rotatable bonds is 7. The summed E-state index contributed by atoms with van der Waals surface area (Å²) >= 11 is 0. The van der Waals surface area contributed by atoms with Gasteiger partial charge in [-0.05, 0) is 42.3 Å². The van der Waals surface area contributed by atoms with E-state index in [9.17, 15) is 9.59 Å². The van der Waals surface area contributed by atoms with Crippen LogP contribution >= 0.6 is 0 Å². The molecule has 7 nitrogen and oxygen atoms in total. The zero-order valence-electron chi connectivity index (χ0n) is 17.6. The standard InChI is InChI=1S/C25H23N5O2/c1-18(20-7-3-2-4-8-20)28-25(32)22-9-5-6-10-23(22)29-24(31)21-13-11-19(12-14-21)15-30-17-26-16-27-30/h2-14,16-18H,15H2,1H3,(H,28,32)(H,29,31). The number of carbonyl (C=O) groups is 2. The fourth-order valence-corrected chi connectivity index (χ4v) is 3.35. The molecule has 0 saturated carbocycles. The van der Waals surface area contributed by atoms with E-state index >= 15 is 0 Å². The van der Waals surface area contributed by atoms with E-state index in [-0.39, 0.29) is 17.9 Å². The van der Waals surface area contributed by atoms with Gasteiger partial charge in [0.2, 0.25) is 0 Å². The maximum absolute atomic E-state index is 12.9. The largest absolute Gasteiger partial charge is 0.345 e. The zero-order chi connectivity index (χ0) is 22.3. The van der Waals surface area contributed by atoms with Crippen molar-refractivity contribution in [2.45, 2.75) is 19.5 Å². The fourth-order valence-electron chi connectivity index (χ4n) is 3.35. The number of para-hydroxylation sites is 1. The number of aromatic nitrogens is 3. The van der Waals surface area contributed by atoms with E-state index in [4.69, 9.17) is 0 Å². The van der Waals surface area contributed by atoms with Crippen LogP contribution in [0.25, 0.3) is 0 Å². The smallest absolute Gasteiger partial charge is 0.255 e. The van der Waals surface area contributed by atoms with Crippen molar-refractivity contribution in [1.29, 1.82) is 0 Å². The molecule has 7 heteroatoms. The number of anilines is 1. The summed E-state index contributed by atoms with van der Waals surface area (Å²) in [6.07, 6.45) is 3.12. The van der Waals surface area contributed by atoms with Gasteiger partial charge in [-0.25, -0.2) is 9.67 Å². The van der Waals surface area contributed by atoms with E-state index in [2.05, 4.69) is 20.7 Å². The molecular formula is C25H23N5O2. The molecule has 0 radical (unpaired) electrons. The molecule has 1 aromatic heterocycles. The first kappa shape index (κ1) is 21.0. The van der Waals surface area contributed by atoms with Crippen LogP contribution in [-0.4, -0.2) is 26.6 Å². The summed E-state index contributed by atoms with van der Waals surface area (Å²) in [7, 11) is 0. The van der Waals surface area contributed by atoms with E-state index < -0.39 is 0 Å². The third-order valence-electron chi connectivity index (χ3n) is 5.09. The van der Waals surface area contributed by atoms with Gasteiger partial charge in [0.1, 0.15) is 12.7 Å². The molecule has 0 saturated heterocycles. The predicted octanol–water partition coefficient (Wildman–Crippen LogP) is 4.07. The van der Waals surface area contributed by atoms with Crippen LogP contribution in [0.3, 0.4) is 0 Å². The van der Waals surface area contributed by atoms with Gasteiger partial charge in [0.15, 0.2) is 0 Å². The van der Waals surface area contributed by atoms with E-state index in [0.29, 0.717) is 23.4 Å². The lowest BCUT2D eigenvalue weighted by Crippen LogP contribution is -2.28. The van der Waals surface area contributed by atoms with E-state index in [1.807, 2.05) is 49.4 Å². The summed E-state index contributed by atoms with van der Waals surface area (Å²) in [4.78, 5) is 29.6. The molecular weight excluding hydrogens is 402 g/mol. The number of nitrogens with one attached hydrogen (secondary N) is 2. The van der Waals surface area contributed by atoms with Crippen LogP contribution in [0.2, 0.25) is 0 Å². The highest BCUT2D eigenvalue weighted by Crippen LogP contribution is 2.19. The molecule has 160 valence electrons. The van der Waals surface area contributed by atoms with Gasteiger partial charge in [0.25, 0.3) is 11.8 Å². The molecule has 32 heavy (non-hydrogen) atoms. The van der Waals surface area contributed by atoms with Crippen molar-refractivity contribution in [3.05, 3.63) is 114 Å². The molecule has 3 aromatic carbocycles. The second kappa shape index (κ2) is 9.70. The number of hydrogen-bond donors (Lipinski definition) is 2.